The molecule has 0 aliphatic heterocycles. The van der Waals surface area contributed by atoms with Crippen LogP contribution in [0.1, 0.15) is 21.3 Å². The molecule has 0 saturated carbocycles. The molecule has 0 amide bonds. The van der Waals surface area contributed by atoms with Gasteiger partial charge in [-0.1, -0.05) is 21.3 Å². The standard InChI is InChI=1S/C6H12O3.CH4/c1-5(2)6(7)9-4-8-3;/h5H,4H2,1-3H3;1H4. The van der Waals surface area contributed by atoms with E-state index in [2.05, 4.69) is 9.47 Å². The second-order valence-electron chi connectivity index (χ2n) is 2.02. The molecule has 0 aliphatic rings. The van der Waals surface area contributed by atoms with Gasteiger partial charge in [0.25, 0.3) is 0 Å². The summed E-state index contributed by atoms with van der Waals surface area (Å²) in [6.07, 6.45) is 0. The van der Waals surface area contributed by atoms with Crippen LogP contribution in [0.25, 0.3) is 0 Å². The van der Waals surface area contributed by atoms with Crippen LogP contribution >= 0.6 is 0 Å². The van der Waals surface area contributed by atoms with Crippen molar-refractivity contribution in [3.05, 3.63) is 0 Å². The SMILES string of the molecule is C.COCOC(=O)C(C)C. The minimum atomic E-state index is -0.225. The van der Waals surface area contributed by atoms with Crippen molar-refractivity contribution >= 4 is 5.97 Å². The van der Waals surface area contributed by atoms with Crippen LogP contribution in [0.5, 0.6) is 0 Å². The molecule has 0 N–H and O–H groups in total. The summed E-state index contributed by atoms with van der Waals surface area (Å²) in [4.78, 5) is 10.6. The molecule has 0 radical (unpaired) electrons. The van der Waals surface area contributed by atoms with Crippen LogP contribution in [0.3, 0.4) is 0 Å². The van der Waals surface area contributed by atoms with Crippen LogP contribution in [0.4, 0.5) is 0 Å². The lowest BCUT2D eigenvalue weighted by Crippen LogP contribution is -2.12. The molecular weight excluding hydrogens is 132 g/mol. The Morgan fingerprint density at radius 1 is 1.50 bits per heavy atom. The van der Waals surface area contributed by atoms with Crippen molar-refractivity contribution in [1.29, 1.82) is 0 Å². The van der Waals surface area contributed by atoms with Gasteiger partial charge in [0.2, 0.25) is 0 Å². The van der Waals surface area contributed by atoms with Crippen LogP contribution in [0.2, 0.25) is 0 Å². The highest BCUT2D eigenvalue weighted by Gasteiger charge is 2.06. The molecule has 0 rings (SSSR count). The molecule has 0 unspecified atom stereocenters. The number of carbonyl (C=O) groups excluding carboxylic acids is 1. The van der Waals surface area contributed by atoms with E-state index in [1.54, 1.807) is 13.8 Å². The molecule has 0 fully saturated rings. The maximum atomic E-state index is 10.6. The first-order valence-electron chi connectivity index (χ1n) is 2.84. The monoisotopic (exact) mass is 148 g/mol. The van der Waals surface area contributed by atoms with Gasteiger partial charge >= 0.3 is 5.97 Å². The third-order valence-electron chi connectivity index (χ3n) is 0.790. The Morgan fingerprint density at radius 2 is 2.00 bits per heavy atom. The summed E-state index contributed by atoms with van der Waals surface area (Å²) in [6, 6.07) is 0. The number of rotatable bonds is 3. The first kappa shape index (κ1) is 12.1. The quantitative estimate of drug-likeness (QED) is 0.448. The highest BCUT2D eigenvalue weighted by Crippen LogP contribution is 1.94. The van der Waals surface area contributed by atoms with Crippen molar-refractivity contribution in [1.82, 2.24) is 0 Å². The van der Waals surface area contributed by atoms with E-state index in [0.717, 1.165) is 0 Å². The molecule has 0 aromatic rings. The predicted octanol–water partition coefficient (Wildman–Crippen LogP) is 1.43. The van der Waals surface area contributed by atoms with Gasteiger partial charge in [-0.05, 0) is 0 Å². The van der Waals surface area contributed by atoms with Crippen molar-refractivity contribution in [3.63, 3.8) is 0 Å². The summed E-state index contributed by atoms with van der Waals surface area (Å²) in [7, 11) is 1.48. The lowest BCUT2D eigenvalue weighted by atomic mass is 10.2. The van der Waals surface area contributed by atoms with E-state index in [9.17, 15) is 4.79 Å². The van der Waals surface area contributed by atoms with E-state index >= 15 is 0 Å². The summed E-state index contributed by atoms with van der Waals surface area (Å²) in [5.41, 5.74) is 0. The highest BCUT2D eigenvalue weighted by atomic mass is 16.7. The van der Waals surface area contributed by atoms with Gasteiger partial charge in [0.15, 0.2) is 6.79 Å². The van der Waals surface area contributed by atoms with Gasteiger partial charge in [-0.25, -0.2) is 0 Å². The van der Waals surface area contributed by atoms with Crippen molar-refractivity contribution in [2.24, 2.45) is 5.92 Å². The second kappa shape index (κ2) is 6.55. The Morgan fingerprint density at radius 3 is 2.30 bits per heavy atom. The third-order valence-corrected chi connectivity index (χ3v) is 0.790. The van der Waals surface area contributed by atoms with Crippen molar-refractivity contribution in [3.8, 4) is 0 Å². The van der Waals surface area contributed by atoms with E-state index < -0.39 is 0 Å². The molecule has 0 bridgehead atoms. The Bertz CT molecular complexity index is 88.9. The molecule has 0 aromatic heterocycles. The average Bonchev–Trinajstić information content (AvgIpc) is 1.82. The molecule has 0 atom stereocenters. The van der Waals surface area contributed by atoms with Gasteiger partial charge in [-0.15, -0.1) is 0 Å². The van der Waals surface area contributed by atoms with E-state index in [-0.39, 0.29) is 26.1 Å². The maximum absolute atomic E-state index is 10.6. The molecular formula is C7H16O3. The fraction of sp³-hybridized carbons (Fsp3) is 0.857. The number of hydrogen-bond donors (Lipinski definition) is 0. The topological polar surface area (TPSA) is 35.5 Å². The molecule has 3 nitrogen and oxygen atoms in total. The minimum Gasteiger partial charge on any atom is -0.438 e. The van der Waals surface area contributed by atoms with Gasteiger partial charge in [0.1, 0.15) is 0 Å². The van der Waals surface area contributed by atoms with Crippen LogP contribution in [0, 0.1) is 5.92 Å². The van der Waals surface area contributed by atoms with Crippen LogP contribution in [-0.2, 0) is 14.3 Å². The summed E-state index contributed by atoms with van der Waals surface area (Å²) in [6.45, 7) is 3.60. The lowest BCUT2D eigenvalue weighted by molar-refractivity contribution is -0.157. The van der Waals surface area contributed by atoms with E-state index in [0.29, 0.717) is 0 Å². The van der Waals surface area contributed by atoms with E-state index in [4.69, 9.17) is 0 Å². The first-order chi connectivity index (χ1) is 4.18. The molecule has 3 heteroatoms. The van der Waals surface area contributed by atoms with Crippen LogP contribution in [-0.4, -0.2) is 19.9 Å². The molecule has 0 aliphatic carbocycles. The van der Waals surface area contributed by atoms with Crippen molar-refractivity contribution in [2.45, 2.75) is 21.3 Å². The number of methoxy groups -OCH3 is 1. The van der Waals surface area contributed by atoms with Gasteiger partial charge in [-0.3, -0.25) is 4.79 Å². The van der Waals surface area contributed by atoms with Crippen LogP contribution < -0.4 is 0 Å². The van der Waals surface area contributed by atoms with Crippen molar-refractivity contribution < 1.29 is 14.3 Å². The highest BCUT2D eigenvalue weighted by molar-refractivity contribution is 5.71. The predicted molar refractivity (Wildman–Crippen MR) is 39.5 cm³/mol. The van der Waals surface area contributed by atoms with Gasteiger partial charge in [0, 0.05) is 7.11 Å². The Balaban J connectivity index is 0. The number of ether oxygens (including phenoxy) is 2. The fourth-order valence-corrected chi connectivity index (χ4v) is 0.284. The largest absolute Gasteiger partial charge is 0.438 e. The molecule has 0 spiro atoms. The number of hydrogen-bond acceptors (Lipinski definition) is 3. The molecule has 0 saturated heterocycles. The first-order valence-corrected chi connectivity index (χ1v) is 2.84. The number of carbonyl (C=O) groups is 1. The van der Waals surface area contributed by atoms with Gasteiger partial charge < -0.3 is 9.47 Å². The van der Waals surface area contributed by atoms with E-state index in [1.807, 2.05) is 0 Å². The Kier molecular flexibility index (Phi) is 7.95. The Hall–Kier alpha value is -0.570. The molecule has 10 heavy (non-hydrogen) atoms. The zero-order chi connectivity index (χ0) is 7.28. The molecule has 0 heterocycles. The second-order valence-corrected chi connectivity index (χ2v) is 2.02. The summed E-state index contributed by atoms with van der Waals surface area (Å²) < 4.78 is 9.11. The van der Waals surface area contributed by atoms with Crippen molar-refractivity contribution in [2.75, 3.05) is 13.9 Å². The Labute approximate surface area is 62.3 Å². The maximum Gasteiger partial charge on any atom is 0.310 e. The van der Waals surface area contributed by atoms with Gasteiger partial charge in [0.05, 0.1) is 5.92 Å². The van der Waals surface area contributed by atoms with E-state index in [1.165, 1.54) is 7.11 Å². The summed E-state index contributed by atoms with van der Waals surface area (Å²) in [5.74, 6) is -0.294. The summed E-state index contributed by atoms with van der Waals surface area (Å²) >= 11 is 0. The van der Waals surface area contributed by atoms with Crippen LogP contribution in [0.15, 0.2) is 0 Å². The normalized spacial score (nSPS) is 8.80. The third kappa shape index (κ3) is 5.56. The summed E-state index contributed by atoms with van der Waals surface area (Å²) in [5, 5.41) is 0. The molecule has 62 valence electrons. The number of esters is 1. The lowest BCUT2D eigenvalue weighted by Gasteiger charge is -2.03. The smallest absolute Gasteiger partial charge is 0.310 e. The fourth-order valence-electron chi connectivity index (χ4n) is 0.284. The molecule has 0 aromatic carbocycles. The average molecular weight is 148 g/mol. The zero-order valence-corrected chi connectivity index (χ0v) is 6.01. The van der Waals surface area contributed by atoms with Gasteiger partial charge in [-0.2, -0.15) is 0 Å². The minimum absolute atomic E-state index is 0. The zero-order valence-electron chi connectivity index (χ0n) is 6.01.